The van der Waals surface area contributed by atoms with E-state index < -0.39 is 34.7 Å². The number of halogens is 3. The first-order chi connectivity index (χ1) is 18.0. The minimum absolute atomic E-state index is 0.0527. The molecule has 1 aliphatic carbocycles. The number of nitrogens with zero attached hydrogens (tertiary/aromatic N) is 2. The van der Waals surface area contributed by atoms with Gasteiger partial charge in [-0.1, -0.05) is 30.3 Å². The first kappa shape index (κ1) is 25.8. The second kappa shape index (κ2) is 9.50. The number of benzene rings is 2. The summed E-state index contributed by atoms with van der Waals surface area (Å²) in [6.45, 7) is 1.60. The summed E-state index contributed by atoms with van der Waals surface area (Å²) < 4.78 is 39.3. The fourth-order valence-electron chi connectivity index (χ4n) is 5.06. The van der Waals surface area contributed by atoms with Crippen LogP contribution >= 0.6 is 0 Å². The summed E-state index contributed by atoms with van der Waals surface area (Å²) in [5.41, 5.74) is 0.334. The Labute approximate surface area is 216 Å². The molecule has 1 saturated carbocycles. The molecule has 38 heavy (non-hydrogen) atoms. The smallest absolute Gasteiger partial charge is 0.378 e. The summed E-state index contributed by atoms with van der Waals surface area (Å²) in [6.07, 6.45) is -3.97. The van der Waals surface area contributed by atoms with Gasteiger partial charge in [-0.25, -0.2) is 4.98 Å². The van der Waals surface area contributed by atoms with Gasteiger partial charge in [0.25, 0.3) is 11.5 Å². The van der Waals surface area contributed by atoms with Crippen molar-refractivity contribution < 1.29 is 27.9 Å². The number of H-pyrrole nitrogens is 1. The number of carbonyl (C=O) groups is 2. The van der Waals surface area contributed by atoms with Crippen LogP contribution in [-0.2, 0) is 29.4 Å². The van der Waals surface area contributed by atoms with Gasteiger partial charge in [-0.05, 0) is 61.9 Å². The van der Waals surface area contributed by atoms with Gasteiger partial charge in [0, 0.05) is 12.1 Å². The maximum Gasteiger partial charge on any atom is 0.416 e. The van der Waals surface area contributed by atoms with Gasteiger partial charge < -0.3 is 15.0 Å². The normalized spacial score (nSPS) is 17.3. The van der Waals surface area contributed by atoms with Crippen LogP contribution in [0.15, 0.2) is 53.3 Å². The molecule has 1 aliphatic heterocycles. The van der Waals surface area contributed by atoms with Crippen LogP contribution in [0.3, 0.4) is 0 Å². The molecule has 0 unspecified atom stereocenters. The van der Waals surface area contributed by atoms with Gasteiger partial charge >= 0.3 is 6.18 Å². The van der Waals surface area contributed by atoms with Gasteiger partial charge in [0.2, 0.25) is 0 Å². The van der Waals surface area contributed by atoms with Crippen molar-refractivity contribution in [1.29, 1.82) is 0 Å². The average molecular weight is 526 g/mol. The number of hydrogen-bond donors (Lipinski definition) is 2. The van der Waals surface area contributed by atoms with E-state index in [1.807, 2.05) is 18.2 Å². The van der Waals surface area contributed by atoms with Crippen LogP contribution in [0.1, 0.15) is 76.4 Å². The van der Waals surface area contributed by atoms with Crippen LogP contribution < -0.4 is 5.56 Å². The molecule has 1 atom stereocenters. The highest BCUT2D eigenvalue weighted by atomic mass is 19.4. The third-order valence-electron chi connectivity index (χ3n) is 7.39. The predicted octanol–water partition coefficient (Wildman–Crippen LogP) is 4.08. The molecule has 1 aromatic heterocycles. The fraction of sp³-hybridized carbons (Fsp3) is 0.357. The van der Waals surface area contributed by atoms with Gasteiger partial charge in [-0.15, -0.1) is 0 Å². The van der Waals surface area contributed by atoms with E-state index in [0.29, 0.717) is 35.5 Å². The van der Waals surface area contributed by atoms with Crippen molar-refractivity contribution in [2.24, 2.45) is 0 Å². The SMILES string of the molecule is CC(=O)c1cccc(C2(c3nc4c(c(=O)[nH]3)CN(C(=O)[C@H](O)c3cccc(C(F)(F)F)c3)CCC4)CC2)c1. The van der Waals surface area contributed by atoms with Crippen molar-refractivity contribution in [2.45, 2.75) is 56.8 Å². The zero-order valence-electron chi connectivity index (χ0n) is 20.6. The van der Waals surface area contributed by atoms with E-state index in [1.54, 1.807) is 6.07 Å². The van der Waals surface area contributed by atoms with Gasteiger partial charge in [0.1, 0.15) is 5.82 Å². The van der Waals surface area contributed by atoms with Crippen LogP contribution in [0.2, 0.25) is 0 Å². The van der Waals surface area contributed by atoms with Crippen molar-refractivity contribution in [1.82, 2.24) is 14.9 Å². The minimum Gasteiger partial charge on any atom is -0.378 e. The molecule has 0 saturated heterocycles. The number of aryl methyl sites for hydroxylation is 1. The number of alkyl halides is 3. The molecule has 0 radical (unpaired) electrons. The van der Waals surface area contributed by atoms with E-state index in [4.69, 9.17) is 4.98 Å². The van der Waals surface area contributed by atoms with Gasteiger partial charge in [0.15, 0.2) is 11.9 Å². The number of aliphatic hydroxyl groups is 1. The molecule has 7 nitrogen and oxygen atoms in total. The summed E-state index contributed by atoms with van der Waals surface area (Å²) in [5, 5.41) is 10.6. The number of rotatable bonds is 5. The Hall–Kier alpha value is -3.79. The van der Waals surface area contributed by atoms with Crippen molar-refractivity contribution in [3.8, 4) is 0 Å². The zero-order valence-corrected chi connectivity index (χ0v) is 20.6. The van der Waals surface area contributed by atoms with E-state index in [0.717, 1.165) is 36.6 Å². The molecule has 1 amide bonds. The first-order valence-electron chi connectivity index (χ1n) is 12.4. The maximum atomic E-state index is 13.2. The van der Waals surface area contributed by atoms with Gasteiger partial charge in [-0.3, -0.25) is 14.4 Å². The van der Waals surface area contributed by atoms with Crippen molar-refractivity contribution in [3.63, 3.8) is 0 Å². The maximum absolute atomic E-state index is 13.2. The Kier molecular flexibility index (Phi) is 6.46. The van der Waals surface area contributed by atoms with Gasteiger partial charge in [0.05, 0.1) is 28.8 Å². The summed E-state index contributed by atoms with van der Waals surface area (Å²) in [4.78, 5) is 47.1. The van der Waals surface area contributed by atoms with Crippen LogP contribution in [-0.4, -0.2) is 38.2 Å². The zero-order chi connectivity index (χ0) is 27.2. The molecule has 0 spiro atoms. The minimum atomic E-state index is -4.61. The Bertz CT molecular complexity index is 1480. The molecule has 2 N–H and O–H groups in total. The molecule has 0 bridgehead atoms. The number of hydrogen-bond acceptors (Lipinski definition) is 5. The Morgan fingerprint density at radius 1 is 1.13 bits per heavy atom. The van der Waals surface area contributed by atoms with Crippen molar-refractivity contribution >= 4 is 11.7 Å². The van der Waals surface area contributed by atoms with E-state index in [2.05, 4.69) is 4.98 Å². The number of fused-ring (bicyclic) bond motifs is 1. The van der Waals surface area contributed by atoms with E-state index in [1.165, 1.54) is 17.9 Å². The Balaban J connectivity index is 1.41. The van der Waals surface area contributed by atoms with E-state index in [-0.39, 0.29) is 24.4 Å². The van der Waals surface area contributed by atoms with Crippen LogP contribution in [0.5, 0.6) is 0 Å². The number of nitrogens with one attached hydrogen (secondary N) is 1. The third-order valence-corrected chi connectivity index (χ3v) is 7.39. The summed E-state index contributed by atoms with van der Waals surface area (Å²) >= 11 is 0. The fourth-order valence-corrected chi connectivity index (χ4v) is 5.06. The standard InChI is InChI=1S/C28H26F3N3O4/c1-16(35)17-5-2-7-19(13-17)27(10-11-27)26-32-22-9-4-12-34(15-21(22)24(37)33-26)25(38)23(36)18-6-3-8-20(14-18)28(29,30)31/h2-3,5-8,13-14,23,36H,4,9-12,15H2,1H3,(H,32,33,37)/t23-/m1/s1. The number of carbonyl (C=O) groups excluding carboxylic acids is 2. The predicted molar refractivity (Wildman–Crippen MR) is 131 cm³/mol. The lowest BCUT2D eigenvalue weighted by Crippen LogP contribution is -2.36. The molecule has 3 aromatic rings. The highest BCUT2D eigenvalue weighted by molar-refractivity contribution is 5.94. The van der Waals surface area contributed by atoms with Crippen molar-refractivity contribution in [2.75, 3.05) is 6.54 Å². The first-order valence-corrected chi connectivity index (χ1v) is 12.4. The van der Waals surface area contributed by atoms with Crippen LogP contribution in [0.4, 0.5) is 13.2 Å². The monoisotopic (exact) mass is 525 g/mol. The Morgan fingerprint density at radius 3 is 2.55 bits per heavy atom. The van der Waals surface area contributed by atoms with Gasteiger partial charge in [-0.2, -0.15) is 13.2 Å². The quantitative estimate of drug-likeness (QED) is 0.489. The molecule has 198 valence electrons. The highest BCUT2D eigenvalue weighted by Crippen LogP contribution is 2.52. The number of Topliss-reactive ketones (excluding diaryl/α,β-unsaturated/α-hetero) is 1. The highest BCUT2D eigenvalue weighted by Gasteiger charge is 2.49. The number of aliphatic hydroxyl groups excluding tert-OH is 1. The lowest BCUT2D eigenvalue weighted by atomic mass is 9.92. The Morgan fingerprint density at radius 2 is 1.87 bits per heavy atom. The molecule has 5 rings (SSSR count). The molecule has 1 fully saturated rings. The largest absolute Gasteiger partial charge is 0.416 e. The average Bonchev–Trinajstić information content (AvgIpc) is 3.72. The number of aromatic nitrogens is 2. The molecule has 2 heterocycles. The summed E-state index contributed by atoms with van der Waals surface area (Å²) in [5.74, 6) is -0.311. The van der Waals surface area contributed by atoms with Crippen LogP contribution in [0.25, 0.3) is 0 Å². The molecule has 10 heteroatoms. The lowest BCUT2D eigenvalue weighted by molar-refractivity contribution is -0.142. The number of aromatic amines is 1. The molecule has 2 aromatic carbocycles. The third kappa shape index (κ3) is 4.76. The molecular weight excluding hydrogens is 499 g/mol. The number of ketones is 1. The summed E-state index contributed by atoms with van der Waals surface area (Å²) in [6, 6.07) is 11.3. The van der Waals surface area contributed by atoms with Crippen LogP contribution in [0, 0.1) is 0 Å². The van der Waals surface area contributed by atoms with E-state index >= 15 is 0 Å². The summed E-state index contributed by atoms with van der Waals surface area (Å²) in [7, 11) is 0. The van der Waals surface area contributed by atoms with Crippen molar-refractivity contribution in [3.05, 3.63) is 98.2 Å². The lowest BCUT2D eigenvalue weighted by Gasteiger charge is -2.24. The van der Waals surface area contributed by atoms with E-state index in [9.17, 15) is 32.7 Å². The number of amides is 1. The molecular formula is C28H26F3N3O4. The molecule has 2 aliphatic rings. The second-order valence-electron chi connectivity index (χ2n) is 9.95. The second-order valence-corrected chi connectivity index (χ2v) is 9.95. The topological polar surface area (TPSA) is 103 Å².